The zero-order valence-electron chi connectivity index (χ0n) is 9.33. The van der Waals surface area contributed by atoms with E-state index in [1.165, 1.54) is 11.1 Å². The Morgan fingerprint density at radius 2 is 1.79 bits per heavy atom. The zero-order chi connectivity index (χ0) is 10.6. The lowest BCUT2D eigenvalue weighted by atomic mass is 9.94. The summed E-state index contributed by atoms with van der Waals surface area (Å²) in [6.07, 6.45) is 1.63. The number of aliphatic hydroxyl groups is 1. The van der Waals surface area contributed by atoms with Crippen LogP contribution < -0.4 is 0 Å². The van der Waals surface area contributed by atoms with Crippen LogP contribution in [-0.4, -0.2) is 11.2 Å². The molecule has 0 saturated heterocycles. The molecule has 0 radical (unpaired) electrons. The average Bonchev–Trinajstić information content (AvgIpc) is 2.15. The summed E-state index contributed by atoms with van der Waals surface area (Å²) in [5.41, 5.74) is 2.79. The van der Waals surface area contributed by atoms with Crippen molar-refractivity contribution in [3.63, 3.8) is 0 Å². The third-order valence-electron chi connectivity index (χ3n) is 2.51. The Balaban J connectivity index is 2.74. The highest BCUT2D eigenvalue weighted by Gasteiger charge is 2.06. The van der Waals surface area contributed by atoms with Gasteiger partial charge in [-0.1, -0.05) is 38.1 Å². The Bertz CT molecular complexity index is 276. The highest BCUT2D eigenvalue weighted by molar-refractivity contribution is 5.29. The summed E-state index contributed by atoms with van der Waals surface area (Å²) >= 11 is 0. The van der Waals surface area contributed by atoms with Crippen molar-refractivity contribution in [1.82, 2.24) is 0 Å². The molecule has 0 unspecified atom stereocenters. The van der Waals surface area contributed by atoms with Crippen molar-refractivity contribution < 1.29 is 5.11 Å². The summed E-state index contributed by atoms with van der Waals surface area (Å²) in [4.78, 5) is 0. The van der Waals surface area contributed by atoms with Gasteiger partial charge < -0.3 is 5.11 Å². The Hall–Kier alpha value is -0.820. The van der Waals surface area contributed by atoms with Crippen molar-refractivity contribution in [3.8, 4) is 0 Å². The summed E-state index contributed by atoms with van der Waals surface area (Å²) in [5.74, 6) is 0.570. The Labute approximate surface area is 86.8 Å². The highest BCUT2D eigenvalue weighted by Crippen LogP contribution is 2.20. The van der Waals surface area contributed by atoms with Crippen molar-refractivity contribution in [2.45, 2.75) is 45.6 Å². The Kier molecular flexibility index (Phi) is 4.15. The van der Waals surface area contributed by atoms with Crippen LogP contribution in [-0.2, 0) is 6.42 Å². The molecule has 0 fully saturated rings. The first-order chi connectivity index (χ1) is 6.61. The first-order valence-electron chi connectivity index (χ1n) is 5.37. The molecule has 1 aromatic rings. The minimum Gasteiger partial charge on any atom is -0.393 e. The fourth-order valence-corrected chi connectivity index (χ4v) is 1.69. The zero-order valence-corrected chi connectivity index (χ0v) is 9.33. The van der Waals surface area contributed by atoms with Crippen LogP contribution in [0.3, 0.4) is 0 Å². The first-order valence-corrected chi connectivity index (χ1v) is 5.37. The standard InChI is InChI=1S/C13H20O/c1-10(2)13-7-5-4-6-12(13)9-8-11(3)14/h4-7,10-11,14H,8-9H2,1-3H3/t11-/m0/s1. The molecule has 0 amide bonds. The van der Waals surface area contributed by atoms with Gasteiger partial charge >= 0.3 is 0 Å². The molecule has 0 aliphatic carbocycles. The van der Waals surface area contributed by atoms with Crippen molar-refractivity contribution in [2.75, 3.05) is 0 Å². The summed E-state index contributed by atoms with van der Waals surface area (Å²) < 4.78 is 0. The van der Waals surface area contributed by atoms with E-state index in [4.69, 9.17) is 0 Å². The quantitative estimate of drug-likeness (QED) is 0.777. The van der Waals surface area contributed by atoms with E-state index in [1.54, 1.807) is 0 Å². The minimum absolute atomic E-state index is 0.199. The molecule has 1 N–H and O–H groups in total. The van der Waals surface area contributed by atoms with Gasteiger partial charge in [0.2, 0.25) is 0 Å². The molecule has 0 bridgehead atoms. The predicted octanol–water partition coefficient (Wildman–Crippen LogP) is 3.12. The fraction of sp³-hybridized carbons (Fsp3) is 0.538. The molecule has 78 valence electrons. The van der Waals surface area contributed by atoms with Gasteiger partial charge in [-0.3, -0.25) is 0 Å². The molecule has 0 aromatic heterocycles. The van der Waals surface area contributed by atoms with Crippen molar-refractivity contribution in [2.24, 2.45) is 0 Å². The molecule has 1 nitrogen and oxygen atoms in total. The van der Waals surface area contributed by atoms with E-state index in [9.17, 15) is 5.11 Å². The monoisotopic (exact) mass is 192 g/mol. The second-order valence-corrected chi connectivity index (χ2v) is 4.24. The van der Waals surface area contributed by atoms with Crippen LogP contribution in [0.1, 0.15) is 44.2 Å². The lowest BCUT2D eigenvalue weighted by Gasteiger charge is -2.13. The van der Waals surface area contributed by atoms with Gasteiger partial charge in [0, 0.05) is 0 Å². The summed E-state index contributed by atoms with van der Waals surface area (Å²) in [5, 5.41) is 9.24. The van der Waals surface area contributed by atoms with E-state index in [-0.39, 0.29) is 6.10 Å². The van der Waals surface area contributed by atoms with Gasteiger partial charge in [-0.15, -0.1) is 0 Å². The van der Waals surface area contributed by atoms with E-state index in [0.29, 0.717) is 5.92 Å². The first kappa shape index (κ1) is 11.3. The van der Waals surface area contributed by atoms with E-state index in [0.717, 1.165) is 12.8 Å². The number of aliphatic hydroxyl groups excluding tert-OH is 1. The van der Waals surface area contributed by atoms with Crippen LogP contribution in [0.4, 0.5) is 0 Å². The van der Waals surface area contributed by atoms with Crippen LogP contribution in [0, 0.1) is 0 Å². The third-order valence-corrected chi connectivity index (χ3v) is 2.51. The molecular formula is C13H20O. The maximum atomic E-state index is 9.24. The van der Waals surface area contributed by atoms with E-state index < -0.39 is 0 Å². The molecule has 0 aliphatic heterocycles. The molecule has 0 heterocycles. The lowest BCUT2D eigenvalue weighted by Crippen LogP contribution is -2.04. The Morgan fingerprint density at radius 1 is 1.14 bits per heavy atom. The lowest BCUT2D eigenvalue weighted by molar-refractivity contribution is 0.185. The normalized spacial score (nSPS) is 13.2. The maximum Gasteiger partial charge on any atom is 0.0515 e. The number of rotatable bonds is 4. The van der Waals surface area contributed by atoms with E-state index in [1.807, 2.05) is 6.92 Å². The van der Waals surface area contributed by atoms with Gasteiger partial charge in [-0.05, 0) is 36.8 Å². The topological polar surface area (TPSA) is 20.2 Å². The largest absolute Gasteiger partial charge is 0.393 e. The van der Waals surface area contributed by atoms with Gasteiger partial charge in [0.15, 0.2) is 0 Å². The molecule has 1 aromatic carbocycles. The number of benzene rings is 1. The Morgan fingerprint density at radius 3 is 2.36 bits per heavy atom. The molecule has 1 rings (SSSR count). The highest BCUT2D eigenvalue weighted by atomic mass is 16.3. The summed E-state index contributed by atoms with van der Waals surface area (Å²) in [6.45, 7) is 6.26. The number of aryl methyl sites for hydroxylation is 1. The van der Waals surface area contributed by atoms with Crippen LogP contribution in [0.15, 0.2) is 24.3 Å². The smallest absolute Gasteiger partial charge is 0.0515 e. The van der Waals surface area contributed by atoms with Crippen LogP contribution in [0.5, 0.6) is 0 Å². The van der Waals surface area contributed by atoms with E-state index in [2.05, 4.69) is 38.1 Å². The predicted molar refractivity (Wildman–Crippen MR) is 60.5 cm³/mol. The number of hydrogen-bond donors (Lipinski definition) is 1. The summed E-state index contributed by atoms with van der Waals surface area (Å²) in [7, 11) is 0. The molecule has 0 aliphatic rings. The van der Waals surface area contributed by atoms with Crippen molar-refractivity contribution in [3.05, 3.63) is 35.4 Å². The van der Waals surface area contributed by atoms with Gasteiger partial charge in [0.1, 0.15) is 0 Å². The average molecular weight is 192 g/mol. The van der Waals surface area contributed by atoms with Crippen molar-refractivity contribution >= 4 is 0 Å². The van der Waals surface area contributed by atoms with Crippen LogP contribution in [0.2, 0.25) is 0 Å². The van der Waals surface area contributed by atoms with Crippen molar-refractivity contribution in [1.29, 1.82) is 0 Å². The fourth-order valence-electron chi connectivity index (χ4n) is 1.69. The minimum atomic E-state index is -0.199. The third kappa shape index (κ3) is 3.15. The number of hydrogen-bond acceptors (Lipinski definition) is 1. The molecule has 1 atom stereocenters. The van der Waals surface area contributed by atoms with Crippen LogP contribution >= 0.6 is 0 Å². The maximum absolute atomic E-state index is 9.24. The SMILES string of the molecule is CC(C)c1ccccc1CC[C@H](C)O. The van der Waals surface area contributed by atoms with Gasteiger partial charge in [0.25, 0.3) is 0 Å². The van der Waals surface area contributed by atoms with Gasteiger partial charge in [0.05, 0.1) is 6.10 Å². The second-order valence-electron chi connectivity index (χ2n) is 4.24. The van der Waals surface area contributed by atoms with Crippen LogP contribution in [0.25, 0.3) is 0 Å². The molecule has 1 heteroatoms. The molecule has 14 heavy (non-hydrogen) atoms. The molecule has 0 spiro atoms. The van der Waals surface area contributed by atoms with Gasteiger partial charge in [-0.25, -0.2) is 0 Å². The second kappa shape index (κ2) is 5.16. The molecular weight excluding hydrogens is 172 g/mol. The van der Waals surface area contributed by atoms with Gasteiger partial charge in [-0.2, -0.15) is 0 Å². The van der Waals surface area contributed by atoms with E-state index >= 15 is 0 Å². The molecule has 0 saturated carbocycles. The summed E-state index contributed by atoms with van der Waals surface area (Å²) in [6, 6.07) is 8.50.